The maximum absolute atomic E-state index is 14.0. The lowest BCUT2D eigenvalue weighted by Crippen LogP contribution is -2.50. The minimum absolute atomic E-state index is 0.0766. The molecule has 2 rings (SSSR count). The van der Waals surface area contributed by atoms with Crippen molar-refractivity contribution < 1.29 is 28.1 Å². The molecule has 0 saturated carbocycles. The molecule has 20 heavy (non-hydrogen) atoms. The molecule has 6 heteroatoms. The predicted molar refractivity (Wildman–Crippen MR) is 67.7 cm³/mol. The van der Waals surface area contributed by atoms with Gasteiger partial charge in [-0.2, -0.15) is 0 Å². The van der Waals surface area contributed by atoms with E-state index in [1.165, 1.54) is 44.6 Å². The first kappa shape index (κ1) is 14.5. The molecule has 108 valence electrons. The second kappa shape index (κ2) is 5.60. The summed E-state index contributed by atoms with van der Waals surface area (Å²) in [6, 6.07) is 3.94. The van der Waals surface area contributed by atoms with Crippen LogP contribution in [-0.2, 0) is 4.74 Å². The van der Waals surface area contributed by atoms with Crippen LogP contribution in [-0.4, -0.2) is 31.2 Å². The number of allylic oxidation sites excluding steroid dienone is 2. The minimum atomic E-state index is -2.06. The monoisotopic (exact) mass is 284 g/mol. The average molecular weight is 284 g/mol. The van der Waals surface area contributed by atoms with Gasteiger partial charge in [0.1, 0.15) is 6.10 Å². The van der Waals surface area contributed by atoms with Crippen molar-refractivity contribution in [2.24, 2.45) is 0 Å². The van der Waals surface area contributed by atoms with Gasteiger partial charge >= 0.3 is 0 Å². The van der Waals surface area contributed by atoms with Crippen LogP contribution in [0, 0.1) is 5.82 Å². The molecular formula is C14H14F2O4. The molecule has 2 unspecified atom stereocenters. The SMILES string of the molecule is COc1c(F)cccc1OC1(OC)C(F)=CC=CC1O. The van der Waals surface area contributed by atoms with Crippen LogP contribution in [0.25, 0.3) is 0 Å². The first-order chi connectivity index (χ1) is 9.55. The van der Waals surface area contributed by atoms with Gasteiger partial charge < -0.3 is 19.3 Å². The van der Waals surface area contributed by atoms with E-state index in [1.54, 1.807) is 0 Å². The molecule has 4 nitrogen and oxygen atoms in total. The molecule has 1 aromatic carbocycles. The summed E-state index contributed by atoms with van der Waals surface area (Å²) < 4.78 is 42.9. The molecule has 0 aromatic heterocycles. The Balaban J connectivity index is 2.43. The van der Waals surface area contributed by atoms with Crippen LogP contribution in [0.2, 0.25) is 0 Å². The molecule has 0 radical (unpaired) electrons. The maximum Gasteiger partial charge on any atom is 0.293 e. The molecular weight excluding hydrogens is 270 g/mol. The van der Waals surface area contributed by atoms with E-state index in [9.17, 15) is 13.9 Å². The lowest BCUT2D eigenvalue weighted by atomic mass is 10.0. The molecule has 1 aliphatic carbocycles. The topological polar surface area (TPSA) is 47.9 Å². The molecule has 0 spiro atoms. The summed E-state index contributed by atoms with van der Waals surface area (Å²) in [7, 11) is 2.44. The zero-order valence-electron chi connectivity index (χ0n) is 11.0. The van der Waals surface area contributed by atoms with Gasteiger partial charge in [-0.25, -0.2) is 8.78 Å². The summed E-state index contributed by atoms with van der Waals surface area (Å²) in [5, 5.41) is 9.93. The van der Waals surface area contributed by atoms with E-state index in [0.29, 0.717) is 0 Å². The van der Waals surface area contributed by atoms with Crippen LogP contribution in [0.3, 0.4) is 0 Å². The van der Waals surface area contributed by atoms with E-state index >= 15 is 0 Å². The summed E-state index contributed by atoms with van der Waals surface area (Å²) in [4.78, 5) is 0. The van der Waals surface area contributed by atoms with Gasteiger partial charge in [0.15, 0.2) is 23.1 Å². The highest BCUT2D eigenvalue weighted by molar-refractivity contribution is 5.42. The Morgan fingerprint density at radius 1 is 1.25 bits per heavy atom. The highest BCUT2D eigenvalue weighted by Gasteiger charge is 2.46. The second-order valence-electron chi connectivity index (χ2n) is 4.09. The molecule has 1 aromatic rings. The molecule has 0 heterocycles. The largest absolute Gasteiger partial charge is 0.490 e. The van der Waals surface area contributed by atoms with E-state index in [0.717, 1.165) is 6.08 Å². The molecule has 0 bridgehead atoms. The summed E-state index contributed by atoms with van der Waals surface area (Å²) in [5.74, 6) is -3.83. The van der Waals surface area contributed by atoms with Crippen molar-refractivity contribution in [1.82, 2.24) is 0 Å². The number of benzene rings is 1. The standard InChI is InChI=1S/C14H14F2O4/c1-18-13-9(15)5-3-6-10(13)20-14(19-2)11(16)7-4-8-12(14)17/h3-8,12,17H,1-2H3. The van der Waals surface area contributed by atoms with Gasteiger partial charge in [-0.05, 0) is 24.3 Å². The van der Waals surface area contributed by atoms with Gasteiger partial charge in [0.05, 0.1) is 7.11 Å². The van der Waals surface area contributed by atoms with Crippen LogP contribution in [0.15, 0.2) is 42.3 Å². The lowest BCUT2D eigenvalue weighted by Gasteiger charge is -2.35. The summed E-state index contributed by atoms with van der Waals surface area (Å²) in [5.41, 5.74) is 0. The van der Waals surface area contributed by atoms with Crippen molar-refractivity contribution in [1.29, 1.82) is 0 Å². The minimum Gasteiger partial charge on any atom is -0.490 e. The zero-order chi connectivity index (χ0) is 14.8. The number of hydrogen-bond acceptors (Lipinski definition) is 4. The number of hydrogen-bond donors (Lipinski definition) is 1. The van der Waals surface area contributed by atoms with Gasteiger partial charge in [0.25, 0.3) is 5.79 Å². The van der Waals surface area contributed by atoms with Crippen LogP contribution in [0.4, 0.5) is 8.78 Å². The van der Waals surface area contributed by atoms with Crippen LogP contribution < -0.4 is 9.47 Å². The number of aliphatic hydroxyl groups excluding tert-OH is 1. The molecule has 2 atom stereocenters. The Kier molecular flexibility index (Phi) is 4.06. The van der Waals surface area contributed by atoms with Crippen LogP contribution in [0.1, 0.15) is 0 Å². The fourth-order valence-electron chi connectivity index (χ4n) is 1.93. The number of rotatable bonds is 4. The Morgan fingerprint density at radius 3 is 2.60 bits per heavy atom. The van der Waals surface area contributed by atoms with Gasteiger partial charge in [-0.3, -0.25) is 0 Å². The summed E-state index contributed by atoms with van der Waals surface area (Å²) >= 11 is 0. The normalized spacial score (nSPS) is 25.2. The van der Waals surface area contributed by atoms with Gasteiger partial charge in [0, 0.05) is 7.11 Å². The third-order valence-corrected chi connectivity index (χ3v) is 2.96. The smallest absolute Gasteiger partial charge is 0.293 e. The molecule has 0 amide bonds. The average Bonchev–Trinajstić information content (AvgIpc) is 2.43. The molecule has 0 fully saturated rings. The zero-order valence-corrected chi connectivity index (χ0v) is 11.0. The van der Waals surface area contributed by atoms with Crippen molar-refractivity contribution in [3.8, 4) is 11.5 Å². The predicted octanol–water partition coefficient (Wildman–Crippen LogP) is 2.34. The number of methoxy groups -OCH3 is 2. The fraction of sp³-hybridized carbons (Fsp3) is 0.286. The number of ether oxygens (including phenoxy) is 3. The van der Waals surface area contributed by atoms with E-state index in [-0.39, 0.29) is 11.5 Å². The van der Waals surface area contributed by atoms with Gasteiger partial charge in [0.2, 0.25) is 0 Å². The van der Waals surface area contributed by atoms with Crippen molar-refractivity contribution in [3.63, 3.8) is 0 Å². The van der Waals surface area contributed by atoms with Crippen molar-refractivity contribution in [2.45, 2.75) is 11.9 Å². The molecule has 1 N–H and O–H groups in total. The highest BCUT2D eigenvalue weighted by Crippen LogP contribution is 2.38. The Hall–Kier alpha value is -1.92. The quantitative estimate of drug-likeness (QED) is 0.862. The lowest BCUT2D eigenvalue weighted by molar-refractivity contribution is -0.196. The van der Waals surface area contributed by atoms with Crippen molar-refractivity contribution in [3.05, 3.63) is 48.1 Å². The second-order valence-corrected chi connectivity index (χ2v) is 4.09. The Morgan fingerprint density at radius 2 is 2.00 bits per heavy atom. The third kappa shape index (κ3) is 2.28. The van der Waals surface area contributed by atoms with Crippen LogP contribution in [0.5, 0.6) is 11.5 Å². The Bertz CT molecular complexity index is 556. The highest BCUT2D eigenvalue weighted by atomic mass is 19.1. The van der Waals surface area contributed by atoms with Crippen molar-refractivity contribution in [2.75, 3.05) is 14.2 Å². The maximum atomic E-state index is 14.0. The van der Waals surface area contributed by atoms with Crippen LogP contribution >= 0.6 is 0 Å². The van der Waals surface area contributed by atoms with E-state index in [4.69, 9.17) is 14.2 Å². The number of halogens is 2. The number of para-hydroxylation sites is 1. The van der Waals surface area contributed by atoms with E-state index in [1.807, 2.05) is 0 Å². The molecule has 0 saturated heterocycles. The molecule has 0 aliphatic heterocycles. The summed E-state index contributed by atoms with van der Waals surface area (Å²) in [6.07, 6.45) is 2.36. The van der Waals surface area contributed by atoms with Gasteiger partial charge in [-0.15, -0.1) is 0 Å². The Labute approximate surface area is 114 Å². The van der Waals surface area contributed by atoms with Gasteiger partial charge in [-0.1, -0.05) is 12.1 Å². The fourth-order valence-corrected chi connectivity index (χ4v) is 1.93. The summed E-state index contributed by atoms with van der Waals surface area (Å²) in [6.45, 7) is 0. The first-order valence-corrected chi connectivity index (χ1v) is 5.84. The third-order valence-electron chi connectivity index (χ3n) is 2.96. The van der Waals surface area contributed by atoms with E-state index < -0.39 is 23.5 Å². The number of aliphatic hydroxyl groups is 1. The molecule has 1 aliphatic rings. The van der Waals surface area contributed by atoms with E-state index in [2.05, 4.69) is 0 Å². The first-order valence-electron chi connectivity index (χ1n) is 5.84. The van der Waals surface area contributed by atoms with Crippen molar-refractivity contribution >= 4 is 0 Å².